The fourth-order valence-electron chi connectivity index (χ4n) is 3.47. The first-order chi connectivity index (χ1) is 13.8. The van der Waals surface area contributed by atoms with Gasteiger partial charge in [-0.2, -0.15) is 0 Å². The van der Waals surface area contributed by atoms with E-state index in [0.29, 0.717) is 38.2 Å². The third-order valence-electron chi connectivity index (χ3n) is 5.03. The molecule has 1 heterocycles. The minimum absolute atomic E-state index is 0.0159. The molecule has 2 aromatic rings. The number of hydrogen-bond donors (Lipinski definition) is 1. The molecule has 1 N–H and O–H groups in total. The summed E-state index contributed by atoms with van der Waals surface area (Å²) in [6.45, 7) is 1.37. The Labute approximate surface area is 165 Å². The number of halogens is 4. The standard InChI is InChI=1S/C21H21F4NO3/c22-17-3-1-2-16(13-17)20(8-10-28-11-9-20)14-26-19(27)12-15-4-6-18(7-5-15)29-21(23,24)25/h1-7,13H,8-12,14H2,(H,26,27). The van der Waals surface area contributed by atoms with Crippen molar-refractivity contribution in [2.75, 3.05) is 19.8 Å². The molecule has 8 heteroatoms. The minimum atomic E-state index is -4.76. The maximum atomic E-state index is 13.7. The van der Waals surface area contributed by atoms with E-state index in [9.17, 15) is 22.4 Å². The molecule has 2 aromatic carbocycles. The van der Waals surface area contributed by atoms with Gasteiger partial charge in [-0.1, -0.05) is 24.3 Å². The number of nitrogens with one attached hydrogen (secondary N) is 1. The lowest BCUT2D eigenvalue weighted by Gasteiger charge is -2.38. The zero-order valence-electron chi connectivity index (χ0n) is 15.6. The molecule has 0 radical (unpaired) electrons. The van der Waals surface area contributed by atoms with Crippen LogP contribution in [-0.4, -0.2) is 32.0 Å². The van der Waals surface area contributed by atoms with Crippen LogP contribution >= 0.6 is 0 Å². The van der Waals surface area contributed by atoms with Crippen molar-refractivity contribution in [2.24, 2.45) is 0 Å². The summed E-state index contributed by atoms with van der Waals surface area (Å²) in [4.78, 5) is 12.4. The van der Waals surface area contributed by atoms with Gasteiger partial charge < -0.3 is 14.8 Å². The van der Waals surface area contributed by atoms with Crippen molar-refractivity contribution >= 4 is 5.91 Å². The van der Waals surface area contributed by atoms with Gasteiger partial charge in [-0.05, 0) is 48.2 Å². The second kappa shape index (κ2) is 8.82. The molecule has 1 fully saturated rings. The van der Waals surface area contributed by atoms with Crippen LogP contribution in [0.15, 0.2) is 48.5 Å². The smallest absolute Gasteiger partial charge is 0.406 e. The monoisotopic (exact) mass is 411 g/mol. The van der Waals surface area contributed by atoms with Crippen LogP contribution in [0.4, 0.5) is 17.6 Å². The van der Waals surface area contributed by atoms with Crippen LogP contribution in [0.1, 0.15) is 24.0 Å². The van der Waals surface area contributed by atoms with E-state index in [2.05, 4.69) is 10.1 Å². The highest BCUT2D eigenvalue weighted by molar-refractivity contribution is 5.78. The topological polar surface area (TPSA) is 47.6 Å². The van der Waals surface area contributed by atoms with Gasteiger partial charge in [0.1, 0.15) is 11.6 Å². The van der Waals surface area contributed by atoms with Crippen molar-refractivity contribution in [3.63, 3.8) is 0 Å². The molecule has 1 aliphatic heterocycles. The Morgan fingerprint density at radius 3 is 2.41 bits per heavy atom. The predicted octanol–water partition coefficient (Wildman–Crippen LogP) is 4.13. The van der Waals surface area contributed by atoms with Crippen molar-refractivity contribution in [1.29, 1.82) is 0 Å². The van der Waals surface area contributed by atoms with Gasteiger partial charge in [-0.15, -0.1) is 13.2 Å². The van der Waals surface area contributed by atoms with Crippen LogP contribution < -0.4 is 10.1 Å². The second-order valence-electron chi connectivity index (χ2n) is 7.05. The molecule has 29 heavy (non-hydrogen) atoms. The van der Waals surface area contributed by atoms with Crippen LogP contribution in [0.25, 0.3) is 0 Å². The molecule has 0 aromatic heterocycles. The molecule has 0 atom stereocenters. The number of amides is 1. The van der Waals surface area contributed by atoms with Gasteiger partial charge in [0.2, 0.25) is 5.91 Å². The normalized spacial score (nSPS) is 16.3. The molecule has 1 saturated heterocycles. The van der Waals surface area contributed by atoms with E-state index in [1.165, 1.54) is 36.4 Å². The summed E-state index contributed by atoms with van der Waals surface area (Å²) in [6.07, 6.45) is -3.43. The first kappa shape index (κ1) is 21.1. The summed E-state index contributed by atoms with van der Waals surface area (Å²) in [7, 11) is 0. The first-order valence-electron chi connectivity index (χ1n) is 9.21. The molecule has 0 saturated carbocycles. The van der Waals surface area contributed by atoms with Crippen molar-refractivity contribution in [1.82, 2.24) is 5.32 Å². The van der Waals surface area contributed by atoms with Gasteiger partial charge in [-0.25, -0.2) is 4.39 Å². The van der Waals surface area contributed by atoms with Gasteiger partial charge in [0.25, 0.3) is 0 Å². The number of rotatable bonds is 6. The lowest BCUT2D eigenvalue weighted by Crippen LogP contribution is -2.45. The van der Waals surface area contributed by atoms with Gasteiger partial charge in [0.15, 0.2) is 0 Å². The second-order valence-corrected chi connectivity index (χ2v) is 7.05. The maximum absolute atomic E-state index is 13.7. The van der Waals surface area contributed by atoms with Crippen molar-refractivity contribution < 1.29 is 31.8 Å². The molecule has 0 unspecified atom stereocenters. The number of ether oxygens (including phenoxy) is 2. The molecule has 4 nitrogen and oxygen atoms in total. The molecule has 156 valence electrons. The van der Waals surface area contributed by atoms with E-state index < -0.39 is 11.8 Å². The Balaban J connectivity index is 1.62. The van der Waals surface area contributed by atoms with Crippen LogP contribution in [0.3, 0.4) is 0 Å². The Hall–Kier alpha value is -2.61. The third-order valence-corrected chi connectivity index (χ3v) is 5.03. The average molecular weight is 411 g/mol. The Morgan fingerprint density at radius 2 is 1.79 bits per heavy atom. The Kier molecular flexibility index (Phi) is 6.42. The van der Waals surface area contributed by atoms with Gasteiger partial charge in [0.05, 0.1) is 6.42 Å². The third kappa shape index (κ3) is 5.93. The van der Waals surface area contributed by atoms with E-state index in [1.807, 2.05) is 6.07 Å². The SMILES string of the molecule is O=C(Cc1ccc(OC(F)(F)F)cc1)NCC1(c2cccc(F)c2)CCOCC1. The van der Waals surface area contributed by atoms with E-state index in [0.717, 1.165) is 5.56 Å². The highest BCUT2D eigenvalue weighted by Crippen LogP contribution is 2.34. The zero-order chi connectivity index (χ0) is 20.9. The minimum Gasteiger partial charge on any atom is -0.406 e. The lowest BCUT2D eigenvalue weighted by atomic mass is 9.74. The van der Waals surface area contributed by atoms with E-state index in [4.69, 9.17) is 4.74 Å². The van der Waals surface area contributed by atoms with Crippen LogP contribution in [-0.2, 0) is 21.4 Å². The summed E-state index contributed by atoms with van der Waals surface area (Å²) in [5, 5.41) is 2.88. The number of carbonyl (C=O) groups is 1. The molecular weight excluding hydrogens is 390 g/mol. The summed E-state index contributed by atoms with van der Waals surface area (Å²) < 4.78 is 59.6. The van der Waals surface area contributed by atoms with Gasteiger partial charge in [0, 0.05) is 25.2 Å². The van der Waals surface area contributed by atoms with E-state index in [1.54, 1.807) is 6.07 Å². The predicted molar refractivity (Wildman–Crippen MR) is 98.0 cm³/mol. The maximum Gasteiger partial charge on any atom is 0.573 e. The summed E-state index contributed by atoms with van der Waals surface area (Å²) in [5.74, 6) is -0.938. The van der Waals surface area contributed by atoms with Crippen molar-refractivity contribution in [2.45, 2.75) is 31.0 Å². The molecule has 0 bridgehead atoms. The van der Waals surface area contributed by atoms with Gasteiger partial charge in [-0.3, -0.25) is 4.79 Å². The fraction of sp³-hybridized carbons (Fsp3) is 0.381. The van der Waals surface area contributed by atoms with E-state index >= 15 is 0 Å². The molecule has 0 spiro atoms. The summed E-state index contributed by atoms with van der Waals surface area (Å²) in [5.41, 5.74) is 0.957. The number of benzene rings is 2. The largest absolute Gasteiger partial charge is 0.573 e. The fourth-order valence-corrected chi connectivity index (χ4v) is 3.47. The van der Waals surface area contributed by atoms with Gasteiger partial charge >= 0.3 is 6.36 Å². The lowest BCUT2D eigenvalue weighted by molar-refractivity contribution is -0.274. The quantitative estimate of drug-likeness (QED) is 0.728. The number of alkyl halides is 3. The summed E-state index contributed by atoms with van der Waals surface area (Å²) in [6, 6.07) is 11.5. The number of carbonyl (C=O) groups excluding carboxylic acids is 1. The van der Waals surface area contributed by atoms with Crippen LogP contribution in [0, 0.1) is 5.82 Å². The zero-order valence-corrected chi connectivity index (χ0v) is 15.6. The molecule has 0 aliphatic carbocycles. The van der Waals surface area contributed by atoms with Crippen LogP contribution in [0.2, 0.25) is 0 Å². The number of hydrogen-bond acceptors (Lipinski definition) is 3. The van der Waals surface area contributed by atoms with Crippen molar-refractivity contribution in [3.8, 4) is 5.75 Å². The molecule has 1 aliphatic rings. The molecule has 3 rings (SSSR count). The molecular formula is C21H21F4NO3. The van der Waals surface area contributed by atoms with E-state index in [-0.39, 0.29) is 23.9 Å². The Bertz CT molecular complexity index is 831. The highest BCUT2D eigenvalue weighted by Gasteiger charge is 2.35. The highest BCUT2D eigenvalue weighted by atomic mass is 19.4. The molecule has 1 amide bonds. The Morgan fingerprint density at radius 1 is 1.10 bits per heavy atom. The van der Waals surface area contributed by atoms with Crippen LogP contribution in [0.5, 0.6) is 5.75 Å². The average Bonchev–Trinajstić information content (AvgIpc) is 2.68. The summed E-state index contributed by atoms with van der Waals surface area (Å²) >= 11 is 0. The first-order valence-corrected chi connectivity index (χ1v) is 9.21. The van der Waals surface area contributed by atoms with Crippen molar-refractivity contribution in [3.05, 3.63) is 65.5 Å².